The topological polar surface area (TPSA) is 44.5 Å². The fourth-order valence-electron chi connectivity index (χ4n) is 2.52. The van der Waals surface area contributed by atoms with E-state index in [0.717, 1.165) is 29.0 Å². The van der Waals surface area contributed by atoms with E-state index in [2.05, 4.69) is 13.8 Å². The first-order valence-electron chi connectivity index (χ1n) is 6.83. The molecular weight excluding hydrogens is 262 g/mol. The summed E-state index contributed by atoms with van der Waals surface area (Å²) in [6, 6.07) is 5.91. The highest BCUT2D eigenvalue weighted by atomic mass is 35.5. The molecule has 1 saturated heterocycles. The van der Waals surface area contributed by atoms with E-state index in [1.807, 2.05) is 18.2 Å². The van der Waals surface area contributed by atoms with Crippen LogP contribution in [0.25, 0.3) is 0 Å². The first-order chi connectivity index (χ1) is 9.08. The average Bonchev–Trinajstić information content (AvgIpc) is 2.36. The molecule has 1 fully saturated rings. The summed E-state index contributed by atoms with van der Waals surface area (Å²) in [5.41, 5.74) is 7.65. The van der Waals surface area contributed by atoms with E-state index >= 15 is 0 Å². The Hall–Kier alpha value is -0.610. The van der Waals surface area contributed by atoms with Gasteiger partial charge in [0.2, 0.25) is 0 Å². The minimum absolute atomic E-state index is 0.254. The van der Waals surface area contributed by atoms with Crippen molar-refractivity contribution in [3.8, 4) is 0 Å². The molecule has 19 heavy (non-hydrogen) atoms. The van der Waals surface area contributed by atoms with E-state index in [1.165, 1.54) is 0 Å². The van der Waals surface area contributed by atoms with Crippen LogP contribution < -0.4 is 5.73 Å². The maximum Gasteiger partial charge on any atom is 0.0735 e. The van der Waals surface area contributed by atoms with Crippen LogP contribution >= 0.6 is 11.6 Å². The van der Waals surface area contributed by atoms with E-state index in [-0.39, 0.29) is 18.3 Å². The number of rotatable bonds is 4. The van der Waals surface area contributed by atoms with E-state index in [9.17, 15) is 0 Å². The van der Waals surface area contributed by atoms with Crippen molar-refractivity contribution in [1.29, 1.82) is 0 Å². The molecule has 2 rings (SSSR count). The minimum atomic E-state index is 0.254. The monoisotopic (exact) mass is 283 g/mol. The van der Waals surface area contributed by atoms with Crippen molar-refractivity contribution in [2.75, 3.05) is 0 Å². The Balaban J connectivity index is 1.91. The van der Waals surface area contributed by atoms with Crippen LogP contribution in [0.5, 0.6) is 0 Å². The highest BCUT2D eigenvalue weighted by molar-refractivity contribution is 6.31. The fourth-order valence-corrected chi connectivity index (χ4v) is 2.78. The Morgan fingerprint density at radius 1 is 1.32 bits per heavy atom. The molecule has 106 valence electrons. The summed E-state index contributed by atoms with van der Waals surface area (Å²) in [5, 5.41) is 0.733. The molecule has 2 N–H and O–H groups in total. The normalized spacial score (nSPS) is 27.5. The van der Waals surface area contributed by atoms with Crippen LogP contribution in [0.4, 0.5) is 0 Å². The second-order valence-corrected chi connectivity index (χ2v) is 5.70. The third-order valence-corrected chi connectivity index (χ3v) is 3.83. The number of benzene rings is 1. The molecule has 0 saturated carbocycles. The summed E-state index contributed by atoms with van der Waals surface area (Å²) in [7, 11) is 0. The van der Waals surface area contributed by atoms with Crippen molar-refractivity contribution in [1.82, 2.24) is 0 Å². The minimum Gasteiger partial charge on any atom is -0.375 e. The quantitative estimate of drug-likeness (QED) is 0.922. The summed E-state index contributed by atoms with van der Waals surface area (Å²) < 4.78 is 11.7. The molecule has 2 unspecified atom stereocenters. The van der Waals surface area contributed by atoms with Gasteiger partial charge >= 0.3 is 0 Å². The molecule has 0 aromatic heterocycles. The highest BCUT2D eigenvalue weighted by Crippen LogP contribution is 2.24. The average molecular weight is 284 g/mol. The van der Waals surface area contributed by atoms with Gasteiger partial charge in [-0.1, -0.05) is 23.7 Å². The lowest BCUT2D eigenvalue weighted by molar-refractivity contribution is -0.106. The zero-order valence-electron chi connectivity index (χ0n) is 11.6. The molecule has 1 aromatic carbocycles. The second kappa shape index (κ2) is 6.71. The lowest BCUT2D eigenvalue weighted by atomic mass is 10.0. The zero-order chi connectivity index (χ0) is 13.8. The summed E-state index contributed by atoms with van der Waals surface area (Å²) in [6.45, 7) is 5.24. The maximum atomic E-state index is 6.22. The number of halogens is 1. The van der Waals surface area contributed by atoms with Crippen molar-refractivity contribution >= 4 is 11.6 Å². The molecule has 0 radical (unpaired) electrons. The van der Waals surface area contributed by atoms with Crippen molar-refractivity contribution in [2.45, 2.75) is 58.2 Å². The predicted molar refractivity (Wildman–Crippen MR) is 77.2 cm³/mol. The van der Waals surface area contributed by atoms with Gasteiger partial charge in [0.05, 0.1) is 24.9 Å². The molecule has 1 aliphatic heterocycles. The Bertz CT molecular complexity index is 415. The van der Waals surface area contributed by atoms with E-state index in [4.69, 9.17) is 26.8 Å². The first kappa shape index (κ1) is 14.8. The molecule has 0 amide bonds. The maximum absolute atomic E-state index is 6.22. The van der Waals surface area contributed by atoms with Crippen LogP contribution in [0.2, 0.25) is 5.02 Å². The van der Waals surface area contributed by atoms with Gasteiger partial charge in [0.1, 0.15) is 0 Å². The molecule has 1 heterocycles. The SMILES string of the molecule is CC1CC(OCc2ccc(CN)cc2Cl)CC(C)O1. The molecule has 0 aliphatic carbocycles. The number of hydrogen-bond donors (Lipinski definition) is 1. The molecular formula is C15H22ClNO2. The molecule has 0 spiro atoms. The van der Waals surface area contributed by atoms with Crippen LogP contribution in [-0.2, 0) is 22.6 Å². The number of ether oxygens (including phenoxy) is 2. The molecule has 1 aromatic rings. The van der Waals surface area contributed by atoms with Gasteiger partial charge in [-0.2, -0.15) is 0 Å². The van der Waals surface area contributed by atoms with Crippen LogP contribution in [-0.4, -0.2) is 18.3 Å². The summed E-state index contributed by atoms with van der Waals surface area (Å²) >= 11 is 6.22. The lowest BCUT2D eigenvalue weighted by Gasteiger charge is -2.32. The van der Waals surface area contributed by atoms with Crippen molar-refractivity contribution in [2.24, 2.45) is 5.73 Å². The third-order valence-electron chi connectivity index (χ3n) is 3.48. The Labute approximate surface area is 120 Å². The van der Waals surface area contributed by atoms with Gasteiger partial charge in [-0.25, -0.2) is 0 Å². The van der Waals surface area contributed by atoms with Gasteiger partial charge in [0.15, 0.2) is 0 Å². The van der Waals surface area contributed by atoms with Crippen molar-refractivity contribution in [3.05, 3.63) is 34.3 Å². The Morgan fingerprint density at radius 3 is 2.58 bits per heavy atom. The number of hydrogen-bond acceptors (Lipinski definition) is 3. The summed E-state index contributed by atoms with van der Waals surface area (Å²) in [5.74, 6) is 0. The highest BCUT2D eigenvalue weighted by Gasteiger charge is 2.25. The Kier molecular flexibility index (Phi) is 5.22. The second-order valence-electron chi connectivity index (χ2n) is 5.29. The largest absolute Gasteiger partial charge is 0.375 e. The van der Waals surface area contributed by atoms with Gasteiger partial charge < -0.3 is 15.2 Å². The standard InChI is InChI=1S/C15H22ClNO2/c1-10-5-14(6-11(2)19-10)18-9-13-4-3-12(8-17)7-15(13)16/h3-4,7,10-11,14H,5-6,8-9,17H2,1-2H3. The molecule has 3 nitrogen and oxygen atoms in total. The molecule has 1 aliphatic rings. The fraction of sp³-hybridized carbons (Fsp3) is 0.600. The van der Waals surface area contributed by atoms with Gasteiger partial charge in [0.25, 0.3) is 0 Å². The summed E-state index contributed by atoms with van der Waals surface area (Å²) in [4.78, 5) is 0. The zero-order valence-corrected chi connectivity index (χ0v) is 12.3. The molecule has 4 heteroatoms. The van der Waals surface area contributed by atoms with E-state index in [1.54, 1.807) is 0 Å². The van der Waals surface area contributed by atoms with E-state index < -0.39 is 0 Å². The van der Waals surface area contributed by atoms with Gasteiger partial charge in [-0.3, -0.25) is 0 Å². The lowest BCUT2D eigenvalue weighted by Crippen LogP contribution is -2.34. The van der Waals surface area contributed by atoms with E-state index in [0.29, 0.717) is 13.2 Å². The smallest absolute Gasteiger partial charge is 0.0735 e. The first-order valence-corrected chi connectivity index (χ1v) is 7.20. The Morgan fingerprint density at radius 2 is 2.00 bits per heavy atom. The summed E-state index contributed by atoms with van der Waals surface area (Å²) in [6.07, 6.45) is 2.68. The molecule has 0 bridgehead atoms. The van der Waals surface area contributed by atoms with Crippen LogP contribution in [0.1, 0.15) is 37.8 Å². The van der Waals surface area contributed by atoms with Gasteiger partial charge in [-0.05, 0) is 43.9 Å². The van der Waals surface area contributed by atoms with Crippen LogP contribution in [0, 0.1) is 0 Å². The third kappa shape index (κ3) is 4.18. The molecule has 2 atom stereocenters. The van der Waals surface area contributed by atoms with Gasteiger partial charge in [-0.15, -0.1) is 0 Å². The van der Waals surface area contributed by atoms with Crippen molar-refractivity contribution in [3.63, 3.8) is 0 Å². The predicted octanol–water partition coefficient (Wildman–Crippen LogP) is 3.27. The van der Waals surface area contributed by atoms with Crippen molar-refractivity contribution < 1.29 is 9.47 Å². The number of nitrogens with two attached hydrogens (primary N) is 1. The van der Waals surface area contributed by atoms with Crippen LogP contribution in [0.15, 0.2) is 18.2 Å². The van der Waals surface area contributed by atoms with Gasteiger partial charge in [0, 0.05) is 11.6 Å². The van der Waals surface area contributed by atoms with Crippen LogP contribution in [0.3, 0.4) is 0 Å².